The van der Waals surface area contributed by atoms with Crippen LogP contribution in [0.4, 0.5) is 5.69 Å². The van der Waals surface area contributed by atoms with Crippen LogP contribution in [0.2, 0.25) is 0 Å². The van der Waals surface area contributed by atoms with Crippen LogP contribution in [0.1, 0.15) is 12.0 Å². The Bertz CT molecular complexity index is 354. The highest BCUT2D eigenvalue weighted by Gasteiger charge is 2.21. The van der Waals surface area contributed by atoms with E-state index in [2.05, 4.69) is 17.0 Å². The van der Waals surface area contributed by atoms with Gasteiger partial charge in [-0.15, -0.1) is 0 Å². The summed E-state index contributed by atoms with van der Waals surface area (Å²) in [4.78, 5) is 2.51. The van der Waals surface area contributed by atoms with Crippen molar-refractivity contribution >= 4 is 5.69 Å². The number of nitrogens with zero attached hydrogens (tertiary/aromatic N) is 1. The van der Waals surface area contributed by atoms with Crippen LogP contribution in [-0.4, -0.2) is 38.3 Å². The molecule has 1 unspecified atom stereocenters. The Labute approximate surface area is 104 Å². The fraction of sp³-hybridized carbons (Fsp3) is 0.571. The predicted molar refractivity (Wildman–Crippen MR) is 71.0 cm³/mol. The molecule has 1 aliphatic rings. The number of hydrogen-bond acceptors (Lipinski definition) is 3. The van der Waals surface area contributed by atoms with Crippen LogP contribution in [0.5, 0.6) is 0 Å². The van der Waals surface area contributed by atoms with Crippen LogP contribution in [0.15, 0.2) is 24.3 Å². The maximum Gasteiger partial charge on any atom is 0.0503 e. The number of likely N-dealkylation sites (tertiary alicyclic amines) is 1. The van der Waals surface area contributed by atoms with E-state index >= 15 is 0 Å². The molecule has 1 heterocycles. The van der Waals surface area contributed by atoms with Gasteiger partial charge >= 0.3 is 0 Å². The Morgan fingerprint density at radius 1 is 1.41 bits per heavy atom. The largest absolute Gasteiger partial charge is 0.399 e. The summed E-state index contributed by atoms with van der Waals surface area (Å²) in [5.41, 5.74) is 8.12. The van der Waals surface area contributed by atoms with Crippen LogP contribution < -0.4 is 5.73 Å². The van der Waals surface area contributed by atoms with E-state index in [1.54, 1.807) is 7.11 Å². The second-order valence-corrected chi connectivity index (χ2v) is 4.86. The zero-order valence-corrected chi connectivity index (χ0v) is 10.6. The van der Waals surface area contributed by atoms with Gasteiger partial charge in [0, 0.05) is 25.9 Å². The molecule has 3 heteroatoms. The number of anilines is 1. The zero-order valence-electron chi connectivity index (χ0n) is 10.6. The summed E-state index contributed by atoms with van der Waals surface area (Å²) >= 11 is 0. The van der Waals surface area contributed by atoms with E-state index in [0.717, 1.165) is 25.3 Å². The summed E-state index contributed by atoms with van der Waals surface area (Å²) in [6, 6.07) is 8.15. The molecular weight excluding hydrogens is 212 g/mol. The van der Waals surface area contributed by atoms with Gasteiger partial charge in [-0.05, 0) is 36.9 Å². The van der Waals surface area contributed by atoms with E-state index in [1.807, 2.05) is 12.1 Å². The highest BCUT2D eigenvalue weighted by Crippen LogP contribution is 2.18. The van der Waals surface area contributed by atoms with Crippen molar-refractivity contribution in [3.63, 3.8) is 0 Å². The number of rotatable bonds is 5. The fourth-order valence-electron chi connectivity index (χ4n) is 2.53. The molecule has 0 amide bonds. The molecule has 2 N–H and O–H groups in total. The van der Waals surface area contributed by atoms with Crippen molar-refractivity contribution in [2.24, 2.45) is 5.92 Å². The molecule has 2 rings (SSSR count). The molecule has 0 spiro atoms. The lowest BCUT2D eigenvalue weighted by atomic mass is 10.1. The van der Waals surface area contributed by atoms with Crippen molar-refractivity contribution < 1.29 is 4.74 Å². The van der Waals surface area contributed by atoms with Gasteiger partial charge in [-0.2, -0.15) is 0 Å². The molecule has 3 nitrogen and oxygen atoms in total. The van der Waals surface area contributed by atoms with Crippen molar-refractivity contribution in [1.29, 1.82) is 0 Å². The van der Waals surface area contributed by atoms with Crippen LogP contribution in [0.25, 0.3) is 0 Å². The summed E-state index contributed by atoms with van der Waals surface area (Å²) < 4.78 is 5.21. The average Bonchev–Trinajstić information content (AvgIpc) is 2.76. The minimum Gasteiger partial charge on any atom is -0.399 e. The number of ether oxygens (including phenoxy) is 1. The molecule has 1 aromatic rings. The third-order valence-electron chi connectivity index (χ3n) is 3.52. The maximum atomic E-state index is 5.94. The van der Waals surface area contributed by atoms with E-state index in [9.17, 15) is 0 Å². The molecule has 17 heavy (non-hydrogen) atoms. The van der Waals surface area contributed by atoms with E-state index in [-0.39, 0.29) is 0 Å². The average molecular weight is 234 g/mol. The third kappa shape index (κ3) is 3.45. The Kier molecular flexibility index (Phi) is 4.40. The van der Waals surface area contributed by atoms with Crippen LogP contribution in [0.3, 0.4) is 0 Å². The summed E-state index contributed by atoms with van der Waals surface area (Å²) in [7, 11) is 1.79. The standard InChI is InChI=1S/C14H22N2O/c1-17-11-12-6-8-16(10-12)9-7-13-4-2-3-5-14(13)15/h2-5,12H,6-11,15H2,1H3. The number of para-hydroxylation sites is 1. The highest BCUT2D eigenvalue weighted by atomic mass is 16.5. The lowest BCUT2D eigenvalue weighted by Gasteiger charge is -2.16. The van der Waals surface area contributed by atoms with Gasteiger partial charge in [0.2, 0.25) is 0 Å². The topological polar surface area (TPSA) is 38.5 Å². The Balaban J connectivity index is 1.78. The number of nitrogens with two attached hydrogens (primary N) is 1. The van der Waals surface area contributed by atoms with Crippen molar-refractivity contribution in [2.45, 2.75) is 12.8 Å². The molecule has 1 atom stereocenters. The maximum absolute atomic E-state index is 5.94. The molecule has 1 aromatic carbocycles. The van der Waals surface area contributed by atoms with Gasteiger partial charge in [0.25, 0.3) is 0 Å². The smallest absolute Gasteiger partial charge is 0.0503 e. The Morgan fingerprint density at radius 2 is 2.24 bits per heavy atom. The zero-order chi connectivity index (χ0) is 12.1. The van der Waals surface area contributed by atoms with Gasteiger partial charge in [0.15, 0.2) is 0 Å². The molecule has 0 radical (unpaired) electrons. The molecule has 0 aliphatic carbocycles. The molecular formula is C14H22N2O. The third-order valence-corrected chi connectivity index (χ3v) is 3.52. The summed E-state index contributed by atoms with van der Waals surface area (Å²) in [5.74, 6) is 0.716. The number of benzene rings is 1. The van der Waals surface area contributed by atoms with Gasteiger partial charge < -0.3 is 15.4 Å². The highest BCUT2D eigenvalue weighted by molar-refractivity contribution is 5.46. The van der Waals surface area contributed by atoms with Gasteiger partial charge in [-0.3, -0.25) is 0 Å². The number of nitrogen functional groups attached to an aromatic ring is 1. The van der Waals surface area contributed by atoms with Crippen LogP contribution in [0, 0.1) is 5.92 Å². The molecule has 0 bridgehead atoms. The minimum absolute atomic E-state index is 0.716. The first-order valence-electron chi connectivity index (χ1n) is 6.34. The van der Waals surface area contributed by atoms with E-state index in [4.69, 9.17) is 10.5 Å². The van der Waals surface area contributed by atoms with Gasteiger partial charge in [0.1, 0.15) is 0 Å². The first kappa shape index (κ1) is 12.4. The fourth-order valence-corrected chi connectivity index (χ4v) is 2.53. The Hall–Kier alpha value is -1.06. The number of methoxy groups -OCH3 is 1. The van der Waals surface area contributed by atoms with E-state index in [1.165, 1.54) is 25.1 Å². The molecule has 1 aliphatic heterocycles. The molecule has 0 saturated carbocycles. The van der Waals surface area contributed by atoms with Crippen molar-refractivity contribution in [3.8, 4) is 0 Å². The van der Waals surface area contributed by atoms with Gasteiger partial charge in [-0.1, -0.05) is 18.2 Å². The van der Waals surface area contributed by atoms with E-state index in [0.29, 0.717) is 5.92 Å². The summed E-state index contributed by atoms with van der Waals surface area (Å²) in [5, 5.41) is 0. The SMILES string of the molecule is COCC1CCN(CCc2ccccc2N)C1. The van der Waals surface area contributed by atoms with Crippen molar-refractivity contribution in [3.05, 3.63) is 29.8 Å². The summed E-state index contributed by atoms with van der Waals surface area (Å²) in [6.45, 7) is 4.36. The molecule has 1 saturated heterocycles. The van der Waals surface area contributed by atoms with Gasteiger partial charge in [-0.25, -0.2) is 0 Å². The van der Waals surface area contributed by atoms with E-state index < -0.39 is 0 Å². The first-order chi connectivity index (χ1) is 8.29. The van der Waals surface area contributed by atoms with Crippen molar-refractivity contribution in [1.82, 2.24) is 4.90 Å². The number of hydrogen-bond donors (Lipinski definition) is 1. The minimum atomic E-state index is 0.716. The normalized spacial score (nSPS) is 20.9. The summed E-state index contributed by atoms with van der Waals surface area (Å²) in [6.07, 6.45) is 2.31. The second kappa shape index (κ2) is 6.03. The molecule has 94 valence electrons. The van der Waals surface area contributed by atoms with Crippen molar-refractivity contribution in [2.75, 3.05) is 39.1 Å². The van der Waals surface area contributed by atoms with Gasteiger partial charge in [0.05, 0.1) is 6.61 Å². The monoisotopic (exact) mass is 234 g/mol. The predicted octanol–water partition coefficient (Wildman–Crippen LogP) is 1.78. The Morgan fingerprint density at radius 3 is 3.00 bits per heavy atom. The quantitative estimate of drug-likeness (QED) is 0.789. The van der Waals surface area contributed by atoms with Crippen LogP contribution >= 0.6 is 0 Å². The first-order valence-corrected chi connectivity index (χ1v) is 6.34. The molecule has 1 fully saturated rings. The van der Waals surface area contributed by atoms with Crippen LogP contribution in [-0.2, 0) is 11.2 Å². The lowest BCUT2D eigenvalue weighted by Crippen LogP contribution is -2.24. The molecule has 0 aromatic heterocycles. The second-order valence-electron chi connectivity index (χ2n) is 4.86. The lowest BCUT2D eigenvalue weighted by molar-refractivity contribution is 0.153.